The first kappa shape index (κ1) is 13.2. The Kier molecular flexibility index (Phi) is 5.50. The SMILES string of the molecule is Cc1ccc(CCN(C)CCCN)cc1C. The van der Waals surface area contributed by atoms with E-state index in [0.29, 0.717) is 0 Å². The highest BCUT2D eigenvalue weighted by atomic mass is 15.1. The summed E-state index contributed by atoms with van der Waals surface area (Å²) in [5.74, 6) is 0. The molecule has 0 aromatic heterocycles. The van der Waals surface area contributed by atoms with Crippen LogP contribution in [0.4, 0.5) is 0 Å². The fourth-order valence-electron chi connectivity index (χ4n) is 1.75. The summed E-state index contributed by atoms with van der Waals surface area (Å²) in [6.07, 6.45) is 2.21. The number of benzene rings is 1. The Hall–Kier alpha value is -0.860. The fourth-order valence-corrected chi connectivity index (χ4v) is 1.75. The lowest BCUT2D eigenvalue weighted by Gasteiger charge is -2.16. The van der Waals surface area contributed by atoms with Crippen molar-refractivity contribution in [2.45, 2.75) is 26.7 Å². The maximum absolute atomic E-state index is 5.49. The van der Waals surface area contributed by atoms with E-state index in [1.54, 1.807) is 0 Å². The third-order valence-corrected chi connectivity index (χ3v) is 3.10. The van der Waals surface area contributed by atoms with Crippen LogP contribution in [0.2, 0.25) is 0 Å². The van der Waals surface area contributed by atoms with Gasteiger partial charge >= 0.3 is 0 Å². The van der Waals surface area contributed by atoms with Gasteiger partial charge < -0.3 is 10.6 Å². The first-order chi connectivity index (χ1) is 7.63. The normalized spacial score (nSPS) is 11.1. The number of rotatable bonds is 6. The summed E-state index contributed by atoms with van der Waals surface area (Å²) in [5, 5.41) is 0. The van der Waals surface area contributed by atoms with Crippen molar-refractivity contribution < 1.29 is 0 Å². The van der Waals surface area contributed by atoms with E-state index in [0.717, 1.165) is 32.5 Å². The van der Waals surface area contributed by atoms with Gasteiger partial charge in [0, 0.05) is 6.54 Å². The zero-order valence-electron chi connectivity index (χ0n) is 10.8. The summed E-state index contributed by atoms with van der Waals surface area (Å²) < 4.78 is 0. The number of nitrogens with two attached hydrogens (primary N) is 1. The van der Waals surface area contributed by atoms with Crippen LogP contribution in [-0.4, -0.2) is 31.6 Å². The molecule has 0 bridgehead atoms. The van der Waals surface area contributed by atoms with E-state index in [-0.39, 0.29) is 0 Å². The van der Waals surface area contributed by atoms with E-state index < -0.39 is 0 Å². The van der Waals surface area contributed by atoms with Crippen LogP contribution in [0.15, 0.2) is 18.2 Å². The van der Waals surface area contributed by atoms with Crippen molar-refractivity contribution in [3.63, 3.8) is 0 Å². The first-order valence-electron chi connectivity index (χ1n) is 6.08. The van der Waals surface area contributed by atoms with Crippen molar-refractivity contribution in [1.82, 2.24) is 4.90 Å². The minimum absolute atomic E-state index is 0.786. The Balaban J connectivity index is 2.39. The second-order valence-electron chi connectivity index (χ2n) is 4.61. The van der Waals surface area contributed by atoms with Crippen molar-refractivity contribution >= 4 is 0 Å². The summed E-state index contributed by atoms with van der Waals surface area (Å²) in [5.41, 5.74) is 9.69. The largest absolute Gasteiger partial charge is 0.330 e. The molecule has 2 heteroatoms. The number of likely N-dealkylation sites (N-methyl/N-ethyl adjacent to an activating group) is 1. The second-order valence-corrected chi connectivity index (χ2v) is 4.61. The summed E-state index contributed by atoms with van der Waals surface area (Å²) in [7, 11) is 2.16. The zero-order valence-corrected chi connectivity index (χ0v) is 10.8. The molecule has 1 aromatic carbocycles. The summed E-state index contributed by atoms with van der Waals surface area (Å²) in [6.45, 7) is 7.33. The van der Waals surface area contributed by atoms with E-state index in [1.165, 1.54) is 16.7 Å². The summed E-state index contributed by atoms with van der Waals surface area (Å²) in [4.78, 5) is 2.35. The highest BCUT2D eigenvalue weighted by Gasteiger charge is 2.00. The van der Waals surface area contributed by atoms with Crippen molar-refractivity contribution in [1.29, 1.82) is 0 Å². The number of hydrogen-bond donors (Lipinski definition) is 1. The molecule has 0 fully saturated rings. The van der Waals surface area contributed by atoms with Gasteiger partial charge in [0.2, 0.25) is 0 Å². The minimum atomic E-state index is 0.786. The molecule has 0 unspecified atom stereocenters. The van der Waals surface area contributed by atoms with Crippen LogP contribution in [0, 0.1) is 13.8 Å². The summed E-state index contributed by atoms with van der Waals surface area (Å²) >= 11 is 0. The molecular formula is C14H24N2. The maximum atomic E-state index is 5.49. The smallest absolute Gasteiger partial charge is 0.00188 e. The van der Waals surface area contributed by atoms with Crippen LogP contribution in [0.25, 0.3) is 0 Å². The van der Waals surface area contributed by atoms with Gasteiger partial charge in [0.05, 0.1) is 0 Å². The van der Waals surface area contributed by atoms with Gasteiger partial charge in [-0.3, -0.25) is 0 Å². The van der Waals surface area contributed by atoms with Gasteiger partial charge in [0.25, 0.3) is 0 Å². The van der Waals surface area contributed by atoms with Gasteiger partial charge in [-0.25, -0.2) is 0 Å². The second kappa shape index (κ2) is 6.66. The Labute approximate surface area is 99.5 Å². The standard InChI is InChI=1S/C14H24N2/c1-12-5-6-14(11-13(12)2)7-10-16(3)9-4-8-15/h5-6,11H,4,7-10,15H2,1-3H3. The highest BCUT2D eigenvalue weighted by molar-refractivity contribution is 5.29. The van der Waals surface area contributed by atoms with Crippen molar-refractivity contribution in [3.8, 4) is 0 Å². The lowest BCUT2D eigenvalue weighted by Crippen LogP contribution is -2.24. The quantitative estimate of drug-likeness (QED) is 0.796. The Morgan fingerprint density at radius 1 is 1.12 bits per heavy atom. The molecule has 0 atom stereocenters. The summed E-state index contributed by atoms with van der Waals surface area (Å²) in [6, 6.07) is 6.75. The molecule has 0 spiro atoms. The molecule has 2 nitrogen and oxygen atoms in total. The van der Waals surface area contributed by atoms with Crippen LogP contribution in [-0.2, 0) is 6.42 Å². The molecule has 90 valence electrons. The molecule has 1 rings (SSSR count). The predicted octanol–water partition coefficient (Wildman–Crippen LogP) is 2.13. The van der Waals surface area contributed by atoms with Gasteiger partial charge in [-0.1, -0.05) is 18.2 Å². The topological polar surface area (TPSA) is 29.3 Å². The lowest BCUT2D eigenvalue weighted by molar-refractivity contribution is 0.335. The monoisotopic (exact) mass is 220 g/mol. The minimum Gasteiger partial charge on any atom is -0.330 e. The molecule has 1 aromatic rings. The molecule has 0 heterocycles. The van der Waals surface area contributed by atoms with E-state index in [2.05, 4.69) is 44.0 Å². The molecule has 0 radical (unpaired) electrons. The molecule has 0 saturated carbocycles. The van der Waals surface area contributed by atoms with Gasteiger partial charge in [0.1, 0.15) is 0 Å². The lowest BCUT2D eigenvalue weighted by atomic mass is 10.0. The van der Waals surface area contributed by atoms with Gasteiger partial charge in [-0.05, 0) is 63.5 Å². The van der Waals surface area contributed by atoms with Crippen molar-refractivity contribution in [2.75, 3.05) is 26.7 Å². The average Bonchev–Trinajstić information content (AvgIpc) is 2.28. The fraction of sp³-hybridized carbons (Fsp3) is 0.571. The molecule has 0 aliphatic carbocycles. The molecule has 0 aliphatic rings. The van der Waals surface area contributed by atoms with E-state index in [9.17, 15) is 0 Å². The van der Waals surface area contributed by atoms with Crippen LogP contribution in [0.1, 0.15) is 23.1 Å². The average molecular weight is 220 g/mol. The van der Waals surface area contributed by atoms with Crippen LogP contribution in [0.5, 0.6) is 0 Å². The molecule has 0 aliphatic heterocycles. The van der Waals surface area contributed by atoms with Gasteiger partial charge in [-0.15, -0.1) is 0 Å². The molecular weight excluding hydrogens is 196 g/mol. The molecule has 0 amide bonds. The third-order valence-electron chi connectivity index (χ3n) is 3.10. The van der Waals surface area contributed by atoms with Crippen LogP contribution in [0.3, 0.4) is 0 Å². The molecule has 0 saturated heterocycles. The Morgan fingerprint density at radius 3 is 2.50 bits per heavy atom. The Bertz CT molecular complexity index is 321. The van der Waals surface area contributed by atoms with Crippen LogP contribution < -0.4 is 5.73 Å². The number of nitrogens with zero attached hydrogens (tertiary/aromatic N) is 1. The molecule has 16 heavy (non-hydrogen) atoms. The number of aryl methyl sites for hydroxylation is 2. The van der Waals surface area contributed by atoms with Crippen LogP contribution >= 0.6 is 0 Å². The molecule has 2 N–H and O–H groups in total. The van der Waals surface area contributed by atoms with Gasteiger partial charge in [0.15, 0.2) is 0 Å². The van der Waals surface area contributed by atoms with E-state index in [4.69, 9.17) is 5.73 Å². The van der Waals surface area contributed by atoms with Crippen molar-refractivity contribution in [3.05, 3.63) is 34.9 Å². The van der Waals surface area contributed by atoms with E-state index >= 15 is 0 Å². The van der Waals surface area contributed by atoms with Crippen molar-refractivity contribution in [2.24, 2.45) is 5.73 Å². The van der Waals surface area contributed by atoms with Gasteiger partial charge in [-0.2, -0.15) is 0 Å². The third kappa shape index (κ3) is 4.33. The highest BCUT2D eigenvalue weighted by Crippen LogP contribution is 2.10. The number of hydrogen-bond acceptors (Lipinski definition) is 2. The zero-order chi connectivity index (χ0) is 12.0. The first-order valence-corrected chi connectivity index (χ1v) is 6.08. The Morgan fingerprint density at radius 2 is 1.88 bits per heavy atom. The maximum Gasteiger partial charge on any atom is 0.00188 e. The predicted molar refractivity (Wildman–Crippen MR) is 70.8 cm³/mol. The van der Waals surface area contributed by atoms with E-state index in [1.807, 2.05) is 0 Å².